The van der Waals surface area contributed by atoms with Gasteiger partial charge in [-0.05, 0) is 36.6 Å². The third kappa shape index (κ3) is 2.36. The molecular weight excluding hydrogens is 193 g/mol. The first-order valence-electron chi connectivity index (χ1n) is 5.38. The zero-order valence-electron chi connectivity index (χ0n) is 8.62. The fraction of sp³-hybridized carbons (Fsp3) is 0.500. The number of hydrogen-bond donors (Lipinski definition) is 2. The second kappa shape index (κ2) is 4.73. The molecule has 0 unspecified atom stereocenters. The normalized spacial score (nSPS) is 26.5. The molecule has 0 radical (unpaired) electrons. The van der Waals surface area contributed by atoms with Crippen LogP contribution in [0.5, 0.6) is 0 Å². The van der Waals surface area contributed by atoms with E-state index in [1.807, 2.05) is 12.1 Å². The molecule has 0 bridgehead atoms. The third-order valence-electron chi connectivity index (χ3n) is 3.14. The van der Waals surface area contributed by atoms with Gasteiger partial charge < -0.3 is 10.4 Å². The lowest BCUT2D eigenvalue weighted by Crippen LogP contribution is -2.37. The zero-order chi connectivity index (χ0) is 10.7. The van der Waals surface area contributed by atoms with E-state index in [4.69, 9.17) is 0 Å². The van der Waals surface area contributed by atoms with E-state index in [2.05, 4.69) is 5.32 Å². The lowest BCUT2D eigenvalue weighted by Gasteiger charge is -2.31. The van der Waals surface area contributed by atoms with Gasteiger partial charge in [0.25, 0.3) is 0 Å². The Labute approximate surface area is 89.1 Å². The Morgan fingerprint density at radius 3 is 2.73 bits per heavy atom. The summed E-state index contributed by atoms with van der Waals surface area (Å²) in [5.41, 5.74) is 1.14. The van der Waals surface area contributed by atoms with Crippen molar-refractivity contribution in [3.05, 3.63) is 35.6 Å². The summed E-state index contributed by atoms with van der Waals surface area (Å²) in [4.78, 5) is 0. The smallest absolute Gasteiger partial charge is 0.123 e. The Bertz CT molecular complexity index is 312. The quantitative estimate of drug-likeness (QED) is 0.774. The highest BCUT2D eigenvalue weighted by Gasteiger charge is 2.25. The summed E-state index contributed by atoms with van der Waals surface area (Å²) in [5.74, 6) is 0.411. The monoisotopic (exact) mass is 209 g/mol. The molecule has 0 aromatic heterocycles. The van der Waals surface area contributed by atoms with Crippen LogP contribution in [0.1, 0.15) is 17.9 Å². The molecule has 2 N–H and O–H groups in total. The average Bonchev–Trinajstić information content (AvgIpc) is 2.30. The first kappa shape index (κ1) is 10.6. The number of halogens is 1. The lowest BCUT2D eigenvalue weighted by atomic mass is 9.82. The average molecular weight is 209 g/mol. The van der Waals surface area contributed by atoms with Gasteiger partial charge in [0.2, 0.25) is 0 Å². The van der Waals surface area contributed by atoms with Gasteiger partial charge in [0.15, 0.2) is 0 Å². The summed E-state index contributed by atoms with van der Waals surface area (Å²) in [5, 5.41) is 12.5. The second-order valence-corrected chi connectivity index (χ2v) is 4.09. The van der Waals surface area contributed by atoms with Crippen LogP contribution in [-0.4, -0.2) is 24.8 Å². The van der Waals surface area contributed by atoms with Gasteiger partial charge in [-0.3, -0.25) is 0 Å². The minimum Gasteiger partial charge on any atom is -0.396 e. The van der Waals surface area contributed by atoms with Crippen LogP contribution in [0.25, 0.3) is 0 Å². The molecule has 1 heterocycles. The predicted octanol–water partition coefficient (Wildman–Crippen LogP) is 1.51. The SMILES string of the molecule is OC[C@@H]1CNCC[C@@H]1c1ccc(F)cc1. The number of piperidine rings is 1. The highest BCUT2D eigenvalue weighted by Crippen LogP contribution is 2.29. The molecule has 2 atom stereocenters. The van der Waals surface area contributed by atoms with Crippen molar-refractivity contribution in [3.8, 4) is 0 Å². The number of rotatable bonds is 2. The van der Waals surface area contributed by atoms with E-state index in [0.29, 0.717) is 5.92 Å². The van der Waals surface area contributed by atoms with Crippen LogP contribution in [0.15, 0.2) is 24.3 Å². The molecule has 3 heteroatoms. The van der Waals surface area contributed by atoms with Gasteiger partial charge in [0.05, 0.1) is 0 Å². The molecule has 1 aliphatic rings. The van der Waals surface area contributed by atoms with E-state index in [1.54, 1.807) is 0 Å². The molecule has 1 aromatic rings. The summed E-state index contributed by atoms with van der Waals surface area (Å²) >= 11 is 0. The van der Waals surface area contributed by atoms with Gasteiger partial charge in [-0.1, -0.05) is 12.1 Å². The summed E-state index contributed by atoms with van der Waals surface area (Å²) in [6.07, 6.45) is 1.01. The van der Waals surface area contributed by atoms with E-state index >= 15 is 0 Å². The van der Waals surface area contributed by atoms with E-state index in [-0.39, 0.29) is 18.3 Å². The molecule has 0 amide bonds. The van der Waals surface area contributed by atoms with Crippen LogP contribution in [-0.2, 0) is 0 Å². The standard InChI is InChI=1S/C12H16FNO/c13-11-3-1-9(2-4-11)12-5-6-14-7-10(12)8-15/h1-4,10,12,14-15H,5-8H2/t10-,12+/m0/s1. The Morgan fingerprint density at radius 1 is 1.33 bits per heavy atom. The van der Waals surface area contributed by atoms with E-state index in [9.17, 15) is 9.50 Å². The topological polar surface area (TPSA) is 32.3 Å². The molecule has 2 rings (SSSR count). The molecule has 0 aliphatic carbocycles. The summed E-state index contributed by atoms with van der Waals surface area (Å²) in [6.45, 7) is 2.01. The molecule has 1 aliphatic heterocycles. The van der Waals surface area contributed by atoms with Crippen molar-refractivity contribution < 1.29 is 9.50 Å². The van der Waals surface area contributed by atoms with Crippen molar-refractivity contribution in [3.63, 3.8) is 0 Å². The first-order valence-corrected chi connectivity index (χ1v) is 5.38. The lowest BCUT2D eigenvalue weighted by molar-refractivity contribution is 0.179. The summed E-state index contributed by atoms with van der Waals surface area (Å²) in [7, 11) is 0. The van der Waals surface area contributed by atoms with Crippen LogP contribution < -0.4 is 5.32 Å². The number of aliphatic hydroxyl groups excluding tert-OH is 1. The van der Waals surface area contributed by atoms with Crippen LogP contribution in [0.4, 0.5) is 4.39 Å². The van der Waals surface area contributed by atoms with Crippen molar-refractivity contribution in [1.82, 2.24) is 5.32 Å². The van der Waals surface area contributed by atoms with Crippen LogP contribution >= 0.6 is 0 Å². The van der Waals surface area contributed by atoms with E-state index < -0.39 is 0 Å². The highest BCUT2D eigenvalue weighted by atomic mass is 19.1. The Balaban J connectivity index is 2.16. The molecular formula is C12H16FNO. The fourth-order valence-electron chi connectivity index (χ4n) is 2.26. The maximum atomic E-state index is 12.8. The first-order chi connectivity index (χ1) is 7.31. The maximum Gasteiger partial charge on any atom is 0.123 e. The Kier molecular flexibility index (Phi) is 3.34. The van der Waals surface area contributed by atoms with Gasteiger partial charge in [-0.2, -0.15) is 0 Å². The number of aliphatic hydroxyl groups is 1. The number of benzene rings is 1. The van der Waals surface area contributed by atoms with E-state index in [0.717, 1.165) is 25.1 Å². The third-order valence-corrected chi connectivity index (χ3v) is 3.14. The molecule has 82 valence electrons. The fourth-order valence-corrected chi connectivity index (χ4v) is 2.26. The minimum atomic E-state index is -0.201. The summed E-state index contributed by atoms with van der Waals surface area (Å²) in [6, 6.07) is 6.64. The largest absolute Gasteiger partial charge is 0.396 e. The number of nitrogens with one attached hydrogen (secondary N) is 1. The zero-order valence-corrected chi connectivity index (χ0v) is 8.62. The van der Waals surface area contributed by atoms with Crippen LogP contribution in [0, 0.1) is 11.7 Å². The van der Waals surface area contributed by atoms with Gasteiger partial charge in [-0.15, -0.1) is 0 Å². The Hall–Kier alpha value is -0.930. The van der Waals surface area contributed by atoms with Gasteiger partial charge in [-0.25, -0.2) is 4.39 Å². The van der Waals surface area contributed by atoms with E-state index in [1.165, 1.54) is 12.1 Å². The number of hydrogen-bond acceptors (Lipinski definition) is 2. The molecule has 0 saturated carbocycles. The van der Waals surface area contributed by atoms with Crippen LogP contribution in [0.3, 0.4) is 0 Å². The van der Waals surface area contributed by atoms with Gasteiger partial charge >= 0.3 is 0 Å². The van der Waals surface area contributed by atoms with Crippen molar-refractivity contribution in [2.75, 3.05) is 19.7 Å². The Morgan fingerprint density at radius 2 is 2.07 bits per heavy atom. The molecule has 1 fully saturated rings. The van der Waals surface area contributed by atoms with Crippen molar-refractivity contribution in [2.45, 2.75) is 12.3 Å². The predicted molar refractivity (Wildman–Crippen MR) is 57.2 cm³/mol. The van der Waals surface area contributed by atoms with Crippen LogP contribution in [0.2, 0.25) is 0 Å². The molecule has 2 nitrogen and oxygen atoms in total. The minimum absolute atomic E-state index is 0.190. The van der Waals surface area contributed by atoms with Crippen molar-refractivity contribution in [1.29, 1.82) is 0 Å². The summed E-state index contributed by atoms with van der Waals surface area (Å²) < 4.78 is 12.8. The van der Waals surface area contributed by atoms with Crippen molar-refractivity contribution in [2.24, 2.45) is 5.92 Å². The molecule has 1 aromatic carbocycles. The molecule has 1 saturated heterocycles. The highest BCUT2D eigenvalue weighted by molar-refractivity contribution is 5.22. The molecule has 0 spiro atoms. The second-order valence-electron chi connectivity index (χ2n) is 4.09. The maximum absolute atomic E-state index is 12.8. The van der Waals surface area contributed by atoms with Crippen molar-refractivity contribution >= 4 is 0 Å². The van der Waals surface area contributed by atoms with Gasteiger partial charge in [0, 0.05) is 19.1 Å². The molecule has 15 heavy (non-hydrogen) atoms. The van der Waals surface area contributed by atoms with Gasteiger partial charge in [0.1, 0.15) is 5.82 Å².